The lowest BCUT2D eigenvalue weighted by atomic mass is 10.1. The molecule has 0 atom stereocenters. The largest absolute Gasteiger partial charge is 0.489 e. The molecule has 0 aliphatic rings. The normalized spacial score (nSPS) is 10.4. The van der Waals surface area contributed by atoms with E-state index in [-0.39, 0.29) is 11.5 Å². The fourth-order valence-electron chi connectivity index (χ4n) is 2.47. The Kier molecular flexibility index (Phi) is 5.95. The van der Waals surface area contributed by atoms with Crippen molar-refractivity contribution in [3.63, 3.8) is 0 Å². The summed E-state index contributed by atoms with van der Waals surface area (Å²) in [5.41, 5.74) is 3.81. The second-order valence-electron chi connectivity index (χ2n) is 5.62. The van der Waals surface area contributed by atoms with Crippen LogP contribution < -0.4 is 15.7 Å². The molecule has 0 fully saturated rings. The van der Waals surface area contributed by atoms with Gasteiger partial charge in [0.1, 0.15) is 24.0 Å². The van der Waals surface area contributed by atoms with Gasteiger partial charge in [0.25, 0.3) is 5.56 Å². The molecule has 1 heterocycles. The molecule has 0 radical (unpaired) electrons. The van der Waals surface area contributed by atoms with E-state index in [4.69, 9.17) is 4.74 Å². The van der Waals surface area contributed by atoms with Gasteiger partial charge in [-0.15, -0.1) is 0 Å². The average molecular weight is 371 g/mol. The third kappa shape index (κ3) is 4.31. The molecule has 0 unspecified atom stereocenters. The van der Waals surface area contributed by atoms with Crippen LogP contribution in [0.2, 0.25) is 0 Å². The zero-order valence-electron chi connectivity index (χ0n) is 14.9. The summed E-state index contributed by atoms with van der Waals surface area (Å²) in [7, 11) is 0. The monoisotopic (exact) mass is 371 g/mol. The third-order valence-electron chi connectivity index (χ3n) is 3.73. The summed E-state index contributed by atoms with van der Waals surface area (Å²) in [5.74, 6) is 0.780. The molecule has 0 aliphatic heterocycles. The fraction of sp³-hybridized carbons (Fsp3) is 0.0476. The van der Waals surface area contributed by atoms with Crippen molar-refractivity contribution >= 4 is 12.2 Å². The second kappa shape index (κ2) is 8.96. The number of nitrogens with one attached hydrogen (secondary N) is 2. The number of benzene rings is 2. The first kappa shape index (κ1) is 18.6. The van der Waals surface area contributed by atoms with E-state index in [0.717, 1.165) is 5.56 Å². The van der Waals surface area contributed by atoms with Crippen LogP contribution in [-0.2, 0) is 0 Å². The molecule has 0 saturated carbocycles. The van der Waals surface area contributed by atoms with Gasteiger partial charge in [-0.25, -0.2) is 10.4 Å². The third-order valence-corrected chi connectivity index (χ3v) is 3.73. The zero-order chi connectivity index (χ0) is 19.8. The van der Waals surface area contributed by atoms with Gasteiger partial charge >= 0.3 is 0 Å². The number of rotatable bonds is 7. The summed E-state index contributed by atoms with van der Waals surface area (Å²) in [5, 5.41) is 13.4. The van der Waals surface area contributed by atoms with Crippen molar-refractivity contribution < 1.29 is 4.74 Å². The highest BCUT2D eigenvalue weighted by Gasteiger charge is 2.12. The molecular weight excluding hydrogens is 354 g/mol. The molecule has 138 valence electrons. The number of nitrogens with zero attached hydrogens (tertiary/aromatic N) is 3. The SMILES string of the molecule is C=CCOc1ccccc1C=NNc1nc(-c2ccccc2)c(C#N)c(=O)[nH]1. The predicted molar refractivity (Wildman–Crippen MR) is 108 cm³/mol. The van der Waals surface area contributed by atoms with Crippen molar-refractivity contribution in [1.82, 2.24) is 9.97 Å². The highest BCUT2D eigenvalue weighted by molar-refractivity contribution is 5.83. The summed E-state index contributed by atoms with van der Waals surface area (Å²) in [6, 6.07) is 18.3. The van der Waals surface area contributed by atoms with Crippen LogP contribution in [0.4, 0.5) is 5.95 Å². The van der Waals surface area contributed by atoms with Crippen LogP contribution in [0.3, 0.4) is 0 Å². The molecule has 0 aliphatic carbocycles. The summed E-state index contributed by atoms with van der Waals surface area (Å²) >= 11 is 0. The molecule has 0 amide bonds. The first-order valence-corrected chi connectivity index (χ1v) is 8.44. The molecule has 0 spiro atoms. The Labute approximate surface area is 161 Å². The van der Waals surface area contributed by atoms with Gasteiger partial charge in [-0.05, 0) is 12.1 Å². The summed E-state index contributed by atoms with van der Waals surface area (Å²) in [6.45, 7) is 4.01. The summed E-state index contributed by atoms with van der Waals surface area (Å²) < 4.78 is 5.57. The van der Waals surface area contributed by atoms with Crippen LogP contribution in [0.25, 0.3) is 11.3 Å². The minimum atomic E-state index is -0.538. The lowest BCUT2D eigenvalue weighted by Gasteiger charge is -2.07. The Hall–Kier alpha value is -4.18. The molecule has 2 N–H and O–H groups in total. The van der Waals surface area contributed by atoms with Gasteiger partial charge in [0.2, 0.25) is 5.95 Å². The van der Waals surface area contributed by atoms with Crippen molar-refractivity contribution in [3.8, 4) is 23.1 Å². The molecule has 2 aromatic carbocycles. The van der Waals surface area contributed by atoms with Gasteiger partial charge in [-0.3, -0.25) is 9.78 Å². The van der Waals surface area contributed by atoms with Gasteiger partial charge in [0.05, 0.1) is 11.9 Å². The maximum atomic E-state index is 12.2. The molecular formula is C21H17N5O2. The van der Waals surface area contributed by atoms with Crippen molar-refractivity contribution in [1.29, 1.82) is 5.26 Å². The van der Waals surface area contributed by atoms with Gasteiger partial charge in [-0.2, -0.15) is 10.4 Å². The number of H-pyrrole nitrogens is 1. The van der Waals surface area contributed by atoms with Crippen LogP contribution in [-0.4, -0.2) is 22.8 Å². The lowest BCUT2D eigenvalue weighted by molar-refractivity contribution is 0.363. The van der Waals surface area contributed by atoms with Crippen LogP contribution in [0.15, 0.2) is 77.1 Å². The lowest BCUT2D eigenvalue weighted by Crippen LogP contribution is -2.16. The quantitative estimate of drug-likeness (QED) is 0.377. The van der Waals surface area contributed by atoms with Crippen molar-refractivity contribution in [2.45, 2.75) is 0 Å². The molecule has 3 aromatic rings. The Bertz CT molecular complexity index is 1100. The van der Waals surface area contributed by atoms with Crippen LogP contribution >= 0.6 is 0 Å². The van der Waals surface area contributed by atoms with E-state index in [1.54, 1.807) is 24.4 Å². The highest BCUT2D eigenvalue weighted by atomic mass is 16.5. The summed E-state index contributed by atoms with van der Waals surface area (Å²) in [4.78, 5) is 19.1. The maximum absolute atomic E-state index is 12.2. The van der Waals surface area contributed by atoms with Crippen LogP contribution in [0.1, 0.15) is 11.1 Å². The highest BCUT2D eigenvalue weighted by Crippen LogP contribution is 2.19. The van der Waals surface area contributed by atoms with E-state index in [1.165, 1.54) is 0 Å². The molecule has 1 aromatic heterocycles. The van der Waals surface area contributed by atoms with Crippen LogP contribution in [0.5, 0.6) is 5.75 Å². The number of nitriles is 1. The standard InChI is InChI=1S/C21H17N5O2/c1-2-12-28-18-11-7-6-10-16(18)14-23-26-21-24-19(15-8-4-3-5-9-15)17(13-22)20(27)25-21/h2-11,14H,1,12H2,(H2,24,25,26,27). The van der Waals surface area contributed by atoms with Crippen molar-refractivity contribution in [3.05, 3.63) is 88.7 Å². The Morgan fingerprint density at radius 3 is 2.71 bits per heavy atom. The van der Waals surface area contributed by atoms with E-state index in [0.29, 0.717) is 23.6 Å². The predicted octanol–water partition coefficient (Wildman–Crippen LogP) is 3.32. The molecule has 3 rings (SSSR count). The molecule has 0 saturated heterocycles. The topological polar surface area (TPSA) is 103 Å². The Morgan fingerprint density at radius 1 is 1.21 bits per heavy atom. The van der Waals surface area contributed by atoms with Gasteiger partial charge in [0.15, 0.2) is 0 Å². The van der Waals surface area contributed by atoms with Crippen molar-refractivity contribution in [2.24, 2.45) is 5.10 Å². The minimum Gasteiger partial charge on any atom is -0.489 e. The van der Waals surface area contributed by atoms with Gasteiger partial charge in [0, 0.05) is 11.1 Å². The minimum absolute atomic E-state index is 0.0519. The van der Waals surface area contributed by atoms with E-state index >= 15 is 0 Å². The number of hydrogen-bond acceptors (Lipinski definition) is 6. The number of ether oxygens (including phenoxy) is 1. The number of hydrazone groups is 1. The zero-order valence-corrected chi connectivity index (χ0v) is 14.9. The molecule has 7 heteroatoms. The maximum Gasteiger partial charge on any atom is 0.270 e. The van der Waals surface area contributed by atoms with E-state index in [2.05, 4.69) is 27.1 Å². The first-order chi connectivity index (χ1) is 13.7. The Morgan fingerprint density at radius 2 is 1.96 bits per heavy atom. The number of aromatic amines is 1. The van der Waals surface area contributed by atoms with Crippen molar-refractivity contribution in [2.75, 3.05) is 12.0 Å². The average Bonchev–Trinajstić information content (AvgIpc) is 2.73. The van der Waals surface area contributed by atoms with E-state index in [1.807, 2.05) is 48.5 Å². The molecule has 0 bridgehead atoms. The Balaban J connectivity index is 1.87. The van der Waals surface area contributed by atoms with Crippen LogP contribution in [0, 0.1) is 11.3 Å². The molecule has 7 nitrogen and oxygen atoms in total. The number of anilines is 1. The number of para-hydroxylation sites is 1. The fourth-order valence-corrected chi connectivity index (χ4v) is 2.47. The van der Waals surface area contributed by atoms with E-state index in [9.17, 15) is 10.1 Å². The van der Waals surface area contributed by atoms with E-state index < -0.39 is 5.56 Å². The first-order valence-electron chi connectivity index (χ1n) is 8.44. The summed E-state index contributed by atoms with van der Waals surface area (Å²) in [6.07, 6.45) is 3.21. The second-order valence-corrected chi connectivity index (χ2v) is 5.62. The van der Waals surface area contributed by atoms with Gasteiger partial charge < -0.3 is 4.74 Å². The van der Waals surface area contributed by atoms with Gasteiger partial charge in [-0.1, -0.05) is 55.1 Å². The number of hydrogen-bond donors (Lipinski definition) is 2. The smallest absolute Gasteiger partial charge is 0.270 e. The molecule has 28 heavy (non-hydrogen) atoms. The number of aromatic nitrogens is 2.